The first-order valence-corrected chi connectivity index (χ1v) is 9.14. The van der Waals surface area contributed by atoms with Crippen molar-refractivity contribution in [3.8, 4) is 0 Å². The number of hydrogen-bond acceptors (Lipinski definition) is 3. The normalized spacial score (nSPS) is 17.6. The number of rotatable bonds is 6. The molecule has 1 saturated heterocycles. The first-order chi connectivity index (χ1) is 11.2. The average Bonchev–Trinajstić information content (AvgIpc) is 3.21. The average molecular weight is 329 g/mol. The molecule has 3 rings (SSSR count). The van der Waals surface area contributed by atoms with E-state index in [1.54, 1.807) is 0 Å². The lowest BCUT2D eigenvalue weighted by Gasteiger charge is -2.16. The smallest absolute Gasteiger partial charge is 0.224 e. The van der Waals surface area contributed by atoms with Gasteiger partial charge in [-0.25, -0.2) is 0 Å². The van der Waals surface area contributed by atoms with Crippen molar-refractivity contribution in [2.75, 3.05) is 18.8 Å². The number of likely N-dealkylation sites (tertiary alicyclic amines) is 1. The molecule has 0 unspecified atom stereocenters. The number of nitrogens with zero attached hydrogens (tertiary/aromatic N) is 3. The molecule has 23 heavy (non-hydrogen) atoms. The summed E-state index contributed by atoms with van der Waals surface area (Å²) in [5.74, 6) is 1.95. The Morgan fingerprint density at radius 3 is 2.91 bits per heavy atom. The fourth-order valence-corrected chi connectivity index (χ4v) is 3.93. The quantitative estimate of drug-likeness (QED) is 0.764. The van der Waals surface area contributed by atoms with Gasteiger partial charge in [0.25, 0.3) is 0 Å². The van der Waals surface area contributed by atoms with Crippen LogP contribution in [-0.2, 0) is 11.3 Å². The van der Waals surface area contributed by atoms with Gasteiger partial charge >= 0.3 is 0 Å². The van der Waals surface area contributed by atoms with Gasteiger partial charge in [-0.1, -0.05) is 18.2 Å². The maximum Gasteiger partial charge on any atom is 0.224 e. The zero-order valence-electron chi connectivity index (χ0n) is 13.5. The van der Waals surface area contributed by atoms with Crippen molar-refractivity contribution < 1.29 is 4.79 Å². The van der Waals surface area contributed by atoms with Crippen molar-refractivity contribution in [3.05, 3.63) is 48.3 Å². The molecule has 2 heterocycles. The molecule has 1 aliphatic rings. The Morgan fingerprint density at radius 1 is 1.35 bits per heavy atom. The van der Waals surface area contributed by atoms with Gasteiger partial charge in [-0.2, -0.15) is 5.10 Å². The van der Waals surface area contributed by atoms with Crippen molar-refractivity contribution in [3.63, 3.8) is 0 Å². The molecule has 1 atom stereocenters. The van der Waals surface area contributed by atoms with Crippen LogP contribution in [0.15, 0.2) is 47.6 Å². The molecular weight excluding hydrogens is 306 g/mol. The Kier molecular flexibility index (Phi) is 5.39. The maximum atomic E-state index is 12.3. The molecule has 5 heteroatoms. The molecule has 4 nitrogen and oxygen atoms in total. The zero-order valence-corrected chi connectivity index (χ0v) is 14.3. The van der Waals surface area contributed by atoms with Crippen LogP contribution < -0.4 is 0 Å². The zero-order chi connectivity index (χ0) is 16.1. The van der Waals surface area contributed by atoms with Gasteiger partial charge in [0.05, 0.1) is 6.20 Å². The standard InChI is InChI=1S/C18H23N3OS/c1-15-11-19-21(12-15)10-8-18(22)20-9-7-16(13-20)14-23-17-5-3-2-4-6-17/h2-6,11-12,16H,7-10,13-14H2,1H3/t16-/m1/s1. The van der Waals surface area contributed by atoms with Gasteiger partial charge < -0.3 is 4.90 Å². The fraction of sp³-hybridized carbons (Fsp3) is 0.444. The monoisotopic (exact) mass is 329 g/mol. The molecular formula is C18H23N3OS. The van der Waals surface area contributed by atoms with Gasteiger partial charge in [0, 0.05) is 42.9 Å². The number of hydrogen-bond donors (Lipinski definition) is 0. The molecule has 0 saturated carbocycles. The minimum Gasteiger partial charge on any atom is -0.342 e. The van der Waals surface area contributed by atoms with E-state index in [1.165, 1.54) is 4.90 Å². The highest BCUT2D eigenvalue weighted by Gasteiger charge is 2.25. The number of aromatic nitrogens is 2. The van der Waals surface area contributed by atoms with Gasteiger partial charge in [0.1, 0.15) is 0 Å². The summed E-state index contributed by atoms with van der Waals surface area (Å²) >= 11 is 1.89. The van der Waals surface area contributed by atoms with E-state index >= 15 is 0 Å². The Balaban J connectivity index is 1.41. The third kappa shape index (κ3) is 4.61. The topological polar surface area (TPSA) is 38.1 Å². The van der Waals surface area contributed by atoms with Crippen LogP contribution in [0.4, 0.5) is 0 Å². The summed E-state index contributed by atoms with van der Waals surface area (Å²) in [5.41, 5.74) is 1.14. The van der Waals surface area contributed by atoms with Crippen LogP contribution in [0.5, 0.6) is 0 Å². The van der Waals surface area contributed by atoms with Gasteiger partial charge in [-0.3, -0.25) is 9.48 Å². The summed E-state index contributed by atoms with van der Waals surface area (Å²) in [6, 6.07) is 10.5. The summed E-state index contributed by atoms with van der Waals surface area (Å²) in [7, 11) is 0. The van der Waals surface area contributed by atoms with E-state index < -0.39 is 0 Å². The Hall–Kier alpha value is -1.75. The minimum atomic E-state index is 0.255. The van der Waals surface area contributed by atoms with E-state index in [2.05, 4.69) is 29.4 Å². The van der Waals surface area contributed by atoms with Crippen LogP contribution in [0.1, 0.15) is 18.4 Å². The predicted octanol–water partition coefficient (Wildman–Crippen LogP) is 3.22. The van der Waals surface area contributed by atoms with Gasteiger partial charge in [0.2, 0.25) is 5.91 Å². The molecule has 0 N–H and O–H groups in total. The SMILES string of the molecule is Cc1cnn(CCC(=O)N2CC[C@@H](CSc3ccccc3)C2)c1. The van der Waals surface area contributed by atoms with Crippen LogP contribution in [0.2, 0.25) is 0 Å². The van der Waals surface area contributed by atoms with Crippen LogP contribution in [0, 0.1) is 12.8 Å². The highest BCUT2D eigenvalue weighted by Crippen LogP contribution is 2.26. The van der Waals surface area contributed by atoms with Crippen LogP contribution in [-0.4, -0.2) is 39.4 Å². The van der Waals surface area contributed by atoms with Crippen molar-refractivity contribution in [2.24, 2.45) is 5.92 Å². The van der Waals surface area contributed by atoms with Crippen molar-refractivity contribution in [1.82, 2.24) is 14.7 Å². The van der Waals surface area contributed by atoms with E-state index in [1.807, 2.05) is 46.7 Å². The lowest BCUT2D eigenvalue weighted by Crippen LogP contribution is -2.29. The second-order valence-corrected chi connectivity index (χ2v) is 7.24. The number of thioether (sulfide) groups is 1. The van der Waals surface area contributed by atoms with E-state index in [0.29, 0.717) is 18.9 Å². The highest BCUT2D eigenvalue weighted by molar-refractivity contribution is 7.99. The number of carbonyl (C=O) groups excluding carboxylic acids is 1. The van der Waals surface area contributed by atoms with Crippen molar-refractivity contribution in [1.29, 1.82) is 0 Å². The molecule has 0 aliphatic carbocycles. The highest BCUT2D eigenvalue weighted by atomic mass is 32.2. The fourth-order valence-electron chi connectivity index (χ4n) is 2.88. The Labute approximate surface area is 141 Å². The molecule has 1 aromatic carbocycles. The minimum absolute atomic E-state index is 0.255. The summed E-state index contributed by atoms with van der Waals surface area (Å²) in [6.45, 7) is 4.49. The van der Waals surface area contributed by atoms with Crippen molar-refractivity contribution >= 4 is 17.7 Å². The second-order valence-electron chi connectivity index (χ2n) is 6.15. The van der Waals surface area contributed by atoms with Gasteiger partial charge in [-0.05, 0) is 37.0 Å². The molecule has 0 spiro atoms. The lowest BCUT2D eigenvalue weighted by atomic mass is 10.2. The number of amides is 1. The second kappa shape index (κ2) is 7.68. The predicted molar refractivity (Wildman–Crippen MR) is 93.4 cm³/mol. The summed E-state index contributed by atoms with van der Waals surface area (Å²) < 4.78 is 1.85. The summed E-state index contributed by atoms with van der Waals surface area (Å²) in [4.78, 5) is 15.7. The van der Waals surface area contributed by atoms with Gasteiger partial charge in [-0.15, -0.1) is 11.8 Å². The van der Waals surface area contributed by atoms with E-state index in [9.17, 15) is 4.79 Å². The third-order valence-electron chi connectivity index (χ3n) is 4.18. The van der Waals surface area contributed by atoms with E-state index in [4.69, 9.17) is 0 Å². The maximum absolute atomic E-state index is 12.3. The molecule has 0 bridgehead atoms. The molecule has 1 aliphatic heterocycles. The van der Waals surface area contributed by atoms with E-state index in [-0.39, 0.29) is 5.91 Å². The number of aryl methyl sites for hydroxylation is 2. The molecule has 2 aromatic rings. The molecule has 1 fully saturated rings. The van der Waals surface area contributed by atoms with Gasteiger partial charge in [0.15, 0.2) is 0 Å². The number of benzene rings is 1. The Morgan fingerprint density at radius 2 is 2.17 bits per heavy atom. The summed E-state index contributed by atoms with van der Waals surface area (Å²) in [6.07, 6.45) is 5.47. The van der Waals surface area contributed by atoms with Crippen LogP contribution in [0.25, 0.3) is 0 Å². The first-order valence-electron chi connectivity index (χ1n) is 8.15. The van der Waals surface area contributed by atoms with Crippen LogP contribution in [0.3, 0.4) is 0 Å². The molecule has 1 aromatic heterocycles. The molecule has 122 valence electrons. The third-order valence-corrected chi connectivity index (χ3v) is 5.43. The molecule has 1 amide bonds. The molecule has 0 radical (unpaired) electrons. The van der Waals surface area contributed by atoms with Crippen LogP contribution >= 0.6 is 11.8 Å². The largest absolute Gasteiger partial charge is 0.342 e. The van der Waals surface area contributed by atoms with E-state index in [0.717, 1.165) is 30.8 Å². The first kappa shape index (κ1) is 16.1. The lowest BCUT2D eigenvalue weighted by molar-refractivity contribution is -0.130. The van der Waals surface area contributed by atoms with Crippen molar-refractivity contribution in [2.45, 2.75) is 31.2 Å². The summed E-state index contributed by atoms with van der Waals surface area (Å²) in [5, 5.41) is 4.23. The Bertz CT molecular complexity index is 641. The number of carbonyl (C=O) groups is 1.